The summed E-state index contributed by atoms with van der Waals surface area (Å²) in [7, 11) is 0. The molecule has 0 saturated heterocycles. The van der Waals surface area contributed by atoms with Gasteiger partial charge in [-0.2, -0.15) is 13.2 Å². The maximum atomic E-state index is 12.7. The summed E-state index contributed by atoms with van der Waals surface area (Å²) in [6, 6.07) is 3.11. The SMILES string of the molecule is C[C@](O)(CN[C@@H]1CCC[C@H](C(F)(F)F)C1)c1ccco1. The van der Waals surface area contributed by atoms with Crippen molar-refractivity contribution in [1.82, 2.24) is 5.32 Å². The van der Waals surface area contributed by atoms with E-state index >= 15 is 0 Å². The third-order valence-corrected chi connectivity index (χ3v) is 3.92. The van der Waals surface area contributed by atoms with Crippen LogP contribution in [0.3, 0.4) is 0 Å². The van der Waals surface area contributed by atoms with Crippen LogP contribution in [0.4, 0.5) is 13.2 Å². The third-order valence-electron chi connectivity index (χ3n) is 3.92. The van der Waals surface area contributed by atoms with E-state index in [1.54, 1.807) is 19.1 Å². The molecule has 0 aliphatic heterocycles. The van der Waals surface area contributed by atoms with Crippen LogP contribution in [-0.2, 0) is 5.60 Å². The van der Waals surface area contributed by atoms with E-state index in [-0.39, 0.29) is 25.4 Å². The predicted molar refractivity (Wildman–Crippen MR) is 68.1 cm³/mol. The first kappa shape index (κ1) is 15.4. The molecule has 2 N–H and O–H groups in total. The Morgan fingerprint density at radius 3 is 2.75 bits per heavy atom. The summed E-state index contributed by atoms with van der Waals surface area (Å²) >= 11 is 0. The smallest absolute Gasteiger partial charge is 0.391 e. The number of hydrogen-bond acceptors (Lipinski definition) is 3. The first-order chi connectivity index (χ1) is 9.29. The summed E-state index contributed by atoms with van der Waals surface area (Å²) in [5.41, 5.74) is -1.21. The highest BCUT2D eigenvalue weighted by Crippen LogP contribution is 2.37. The van der Waals surface area contributed by atoms with Crippen molar-refractivity contribution in [3.05, 3.63) is 24.2 Å². The van der Waals surface area contributed by atoms with Crippen LogP contribution in [0.5, 0.6) is 0 Å². The zero-order valence-corrected chi connectivity index (χ0v) is 11.4. The lowest BCUT2D eigenvalue weighted by molar-refractivity contribution is -0.183. The molecule has 114 valence electrons. The molecule has 0 aromatic carbocycles. The third kappa shape index (κ3) is 3.76. The fourth-order valence-corrected chi connectivity index (χ4v) is 2.69. The van der Waals surface area contributed by atoms with Gasteiger partial charge < -0.3 is 14.8 Å². The Bertz CT molecular complexity index is 415. The van der Waals surface area contributed by atoms with Gasteiger partial charge in [0.05, 0.1) is 12.2 Å². The number of alkyl halides is 3. The Hall–Kier alpha value is -1.01. The van der Waals surface area contributed by atoms with E-state index in [1.165, 1.54) is 6.26 Å². The molecule has 1 saturated carbocycles. The fraction of sp³-hybridized carbons (Fsp3) is 0.714. The van der Waals surface area contributed by atoms with E-state index in [9.17, 15) is 18.3 Å². The minimum atomic E-state index is -4.12. The normalized spacial score (nSPS) is 27.2. The summed E-state index contributed by atoms with van der Waals surface area (Å²) in [5.74, 6) is -0.824. The van der Waals surface area contributed by atoms with Crippen molar-refractivity contribution in [2.24, 2.45) is 5.92 Å². The van der Waals surface area contributed by atoms with E-state index in [4.69, 9.17) is 4.42 Å². The average Bonchev–Trinajstić information content (AvgIpc) is 2.90. The van der Waals surface area contributed by atoms with E-state index in [0.29, 0.717) is 18.6 Å². The Morgan fingerprint density at radius 1 is 1.40 bits per heavy atom. The van der Waals surface area contributed by atoms with Crippen LogP contribution < -0.4 is 5.32 Å². The summed E-state index contributed by atoms with van der Waals surface area (Å²) in [5, 5.41) is 13.3. The van der Waals surface area contributed by atoms with Crippen LogP contribution in [0, 0.1) is 5.92 Å². The molecule has 1 aliphatic carbocycles. The summed E-state index contributed by atoms with van der Waals surface area (Å²) < 4.78 is 43.3. The van der Waals surface area contributed by atoms with Crippen molar-refractivity contribution < 1.29 is 22.7 Å². The average molecular weight is 291 g/mol. The first-order valence-electron chi connectivity index (χ1n) is 6.85. The summed E-state index contributed by atoms with van der Waals surface area (Å²) in [4.78, 5) is 0. The van der Waals surface area contributed by atoms with Gasteiger partial charge in [-0.1, -0.05) is 6.42 Å². The van der Waals surface area contributed by atoms with Crippen molar-refractivity contribution in [2.45, 2.75) is 50.4 Å². The maximum absolute atomic E-state index is 12.7. The van der Waals surface area contributed by atoms with E-state index < -0.39 is 17.7 Å². The minimum absolute atomic E-state index is 0.0811. The second kappa shape index (κ2) is 5.77. The second-order valence-corrected chi connectivity index (χ2v) is 5.73. The molecule has 1 heterocycles. The Labute approximate surface area is 116 Å². The van der Waals surface area contributed by atoms with Crippen LogP contribution in [0.15, 0.2) is 22.8 Å². The van der Waals surface area contributed by atoms with Gasteiger partial charge in [0.15, 0.2) is 0 Å². The molecule has 1 aromatic rings. The van der Waals surface area contributed by atoms with Gasteiger partial charge in [-0.15, -0.1) is 0 Å². The summed E-state index contributed by atoms with van der Waals surface area (Å²) in [6.07, 6.45) is -1.10. The molecule has 0 unspecified atom stereocenters. The number of hydrogen-bond donors (Lipinski definition) is 2. The molecule has 0 amide bonds. The zero-order valence-electron chi connectivity index (χ0n) is 11.4. The van der Waals surface area contributed by atoms with Crippen molar-refractivity contribution >= 4 is 0 Å². The Kier molecular flexibility index (Phi) is 4.44. The molecule has 1 aromatic heterocycles. The molecule has 1 aliphatic rings. The lowest BCUT2D eigenvalue weighted by atomic mass is 9.85. The largest absolute Gasteiger partial charge is 0.466 e. The highest BCUT2D eigenvalue weighted by atomic mass is 19.4. The Balaban J connectivity index is 1.88. The van der Waals surface area contributed by atoms with Gasteiger partial charge in [-0.05, 0) is 38.3 Å². The molecule has 6 heteroatoms. The predicted octanol–water partition coefficient (Wildman–Crippen LogP) is 3.20. The number of rotatable bonds is 4. The highest BCUT2D eigenvalue weighted by molar-refractivity contribution is 5.08. The van der Waals surface area contributed by atoms with Crippen LogP contribution in [0.1, 0.15) is 38.4 Å². The monoisotopic (exact) mass is 291 g/mol. The lowest BCUT2D eigenvalue weighted by Gasteiger charge is -2.33. The number of halogens is 3. The molecule has 20 heavy (non-hydrogen) atoms. The molecule has 0 spiro atoms. The first-order valence-corrected chi connectivity index (χ1v) is 6.85. The van der Waals surface area contributed by atoms with Crippen molar-refractivity contribution in [3.8, 4) is 0 Å². The molecule has 0 radical (unpaired) electrons. The Morgan fingerprint density at radius 2 is 2.15 bits per heavy atom. The molecular weight excluding hydrogens is 271 g/mol. The van der Waals surface area contributed by atoms with Gasteiger partial charge >= 0.3 is 6.18 Å². The minimum Gasteiger partial charge on any atom is -0.466 e. The van der Waals surface area contributed by atoms with Gasteiger partial charge in [0, 0.05) is 12.6 Å². The number of aliphatic hydroxyl groups is 1. The van der Waals surface area contributed by atoms with Gasteiger partial charge in [-0.3, -0.25) is 0 Å². The highest BCUT2D eigenvalue weighted by Gasteiger charge is 2.42. The van der Waals surface area contributed by atoms with Gasteiger partial charge in [0.2, 0.25) is 0 Å². The summed E-state index contributed by atoms with van der Waals surface area (Å²) in [6.45, 7) is 1.76. The quantitative estimate of drug-likeness (QED) is 0.895. The van der Waals surface area contributed by atoms with E-state index in [1.807, 2.05) is 0 Å². The van der Waals surface area contributed by atoms with Crippen LogP contribution in [0.2, 0.25) is 0 Å². The molecule has 2 rings (SSSR count). The number of furan rings is 1. The second-order valence-electron chi connectivity index (χ2n) is 5.73. The van der Waals surface area contributed by atoms with E-state index in [0.717, 1.165) is 0 Å². The van der Waals surface area contributed by atoms with Crippen molar-refractivity contribution in [2.75, 3.05) is 6.54 Å². The van der Waals surface area contributed by atoms with Gasteiger partial charge in [0.1, 0.15) is 11.4 Å². The molecule has 1 fully saturated rings. The van der Waals surface area contributed by atoms with Gasteiger partial charge in [-0.25, -0.2) is 0 Å². The molecule has 3 atom stereocenters. The molecule has 3 nitrogen and oxygen atoms in total. The van der Waals surface area contributed by atoms with Crippen molar-refractivity contribution in [3.63, 3.8) is 0 Å². The zero-order chi connectivity index (χ0) is 14.8. The van der Waals surface area contributed by atoms with Gasteiger partial charge in [0.25, 0.3) is 0 Å². The van der Waals surface area contributed by atoms with Crippen molar-refractivity contribution in [1.29, 1.82) is 0 Å². The number of nitrogens with one attached hydrogen (secondary N) is 1. The molecule has 0 bridgehead atoms. The lowest BCUT2D eigenvalue weighted by Crippen LogP contribution is -2.44. The van der Waals surface area contributed by atoms with Crippen LogP contribution in [-0.4, -0.2) is 23.9 Å². The van der Waals surface area contributed by atoms with Crippen LogP contribution in [0.25, 0.3) is 0 Å². The standard InChI is InChI=1S/C14H20F3NO2/c1-13(19,12-6-3-7-20-12)9-18-11-5-2-4-10(8-11)14(15,16)17/h3,6-7,10-11,18-19H,2,4-5,8-9H2,1H3/t10-,11+,13-/m0/s1. The molecular formula is C14H20F3NO2. The fourth-order valence-electron chi connectivity index (χ4n) is 2.69. The topological polar surface area (TPSA) is 45.4 Å². The maximum Gasteiger partial charge on any atom is 0.391 e. The van der Waals surface area contributed by atoms with Crippen LogP contribution >= 0.6 is 0 Å². The van der Waals surface area contributed by atoms with E-state index in [2.05, 4.69) is 5.32 Å².